The molecule has 2 aromatic heterocycles. The van der Waals surface area contributed by atoms with Gasteiger partial charge in [-0.2, -0.15) is 0 Å². The summed E-state index contributed by atoms with van der Waals surface area (Å²) in [5.74, 6) is -4.08. The Morgan fingerprint density at radius 1 is 0.955 bits per heavy atom. The van der Waals surface area contributed by atoms with Gasteiger partial charge in [-0.05, 0) is 54.1 Å². The van der Waals surface area contributed by atoms with E-state index in [4.69, 9.17) is 9.47 Å². The number of aromatic nitrogens is 3. The van der Waals surface area contributed by atoms with Gasteiger partial charge in [0.15, 0.2) is 5.82 Å². The molecule has 1 aliphatic heterocycles. The minimum atomic E-state index is -1.10. The number of rotatable bonds is 8. The highest BCUT2D eigenvalue weighted by atomic mass is 19.1. The molecule has 1 saturated heterocycles. The van der Waals surface area contributed by atoms with E-state index in [9.17, 15) is 18.7 Å². The Kier molecular flexibility index (Phi) is 7.58. The second kappa shape index (κ2) is 11.4. The van der Waals surface area contributed by atoms with Gasteiger partial charge in [0.1, 0.15) is 29.9 Å². The number of aromatic carboxylic acids is 1. The average Bonchev–Trinajstić information content (AvgIpc) is 3.52. The highest BCUT2D eigenvalue weighted by molar-refractivity contribution is 5.92. The van der Waals surface area contributed by atoms with E-state index in [1.165, 1.54) is 36.4 Å². The molecule has 1 aliphatic rings. The number of carboxylic acid groups (broad SMARTS) is 1. The number of hydrogen-bond donors (Lipinski definition) is 1. The fraction of sp³-hybridized carbons (Fsp3) is 0.242. The molecule has 7 nitrogen and oxygen atoms in total. The third-order valence-electron chi connectivity index (χ3n) is 7.87. The van der Waals surface area contributed by atoms with Crippen LogP contribution in [0.2, 0.25) is 0 Å². The molecule has 0 aliphatic carbocycles. The van der Waals surface area contributed by atoms with E-state index in [-0.39, 0.29) is 52.4 Å². The first-order valence-electron chi connectivity index (χ1n) is 13.8. The van der Waals surface area contributed by atoms with Gasteiger partial charge in [0.2, 0.25) is 0 Å². The summed E-state index contributed by atoms with van der Waals surface area (Å²) in [5, 5.41) is 9.56. The molecule has 1 N–H and O–H groups in total. The predicted octanol–water partition coefficient (Wildman–Crippen LogP) is 7.12. The second-order valence-electron chi connectivity index (χ2n) is 11.4. The molecule has 11 heteroatoms. The standard InChI is InChI=1S/C33H27F4N3O4/c1-33(2)17-43-16-29(33)40-28-12-18(32(41)42)7-9-27(28)38-30(40)13-20-11-25(37)21(14-24(20)36)26-10-8-23(35)31(39-26)44-15-19-5-3-4-6-22(19)34/h3-12,14,29H,13,15-17H2,1-2H3,(H,41,42)/t29-/m1/s1. The summed E-state index contributed by atoms with van der Waals surface area (Å²) in [7, 11) is 0. The Bertz CT molecular complexity index is 1910. The molecule has 0 spiro atoms. The van der Waals surface area contributed by atoms with Crippen LogP contribution < -0.4 is 4.74 Å². The lowest BCUT2D eigenvalue weighted by Crippen LogP contribution is -2.27. The van der Waals surface area contributed by atoms with Crippen molar-refractivity contribution in [3.63, 3.8) is 0 Å². The van der Waals surface area contributed by atoms with Crippen LogP contribution in [0.1, 0.15) is 47.2 Å². The molecule has 0 unspecified atom stereocenters. The van der Waals surface area contributed by atoms with Crippen molar-refractivity contribution in [2.75, 3.05) is 13.2 Å². The fourth-order valence-electron chi connectivity index (χ4n) is 5.45. The van der Waals surface area contributed by atoms with Crippen LogP contribution in [0.25, 0.3) is 22.3 Å². The van der Waals surface area contributed by atoms with Gasteiger partial charge < -0.3 is 19.1 Å². The number of imidazole rings is 1. The van der Waals surface area contributed by atoms with Crippen molar-refractivity contribution in [3.8, 4) is 17.1 Å². The van der Waals surface area contributed by atoms with Crippen molar-refractivity contribution in [1.82, 2.24) is 14.5 Å². The van der Waals surface area contributed by atoms with E-state index in [1.807, 2.05) is 18.4 Å². The van der Waals surface area contributed by atoms with Crippen molar-refractivity contribution >= 4 is 17.0 Å². The Morgan fingerprint density at radius 2 is 1.75 bits per heavy atom. The van der Waals surface area contributed by atoms with Crippen LogP contribution in [0.4, 0.5) is 17.6 Å². The lowest BCUT2D eigenvalue weighted by molar-refractivity contribution is 0.0697. The zero-order valence-corrected chi connectivity index (χ0v) is 23.8. The second-order valence-corrected chi connectivity index (χ2v) is 11.4. The topological polar surface area (TPSA) is 86.5 Å². The van der Waals surface area contributed by atoms with Crippen LogP contribution in [0.5, 0.6) is 5.88 Å². The molecule has 5 aromatic rings. The molecule has 226 valence electrons. The lowest BCUT2D eigenvalue weighted by atomic mass is 9.87. The van der Waals surface area contributed by atoms with E-state index in [0.29, 0.717) is 30.1 Å². The Balaban J connectivity index is 1.34. The third kappa shape index (κ3) is 5.50. The molecule has 44 heavy (non-hydrogen) atoms. The van der Waals surface area contributed by atoms with Gasteiger partial charge in [0, 0.05) is 23.0 Å². The molecule has 1 fully saturated rings. The van der Waals surface area contributed by atoms with Crippen LogP contribution >= 0.6 is 0 Å². The fourth-order valence-corrected chi connectivity index (χ4v) is 5.45. The number of ether oxygens (including phenoxy) is 2. The van der Waals surface area contributed by atoms with E-state index >= 15 is 8.78 Å². The van der Waals surface area contributed by atoms with Gasteiger partial charge in [-0.25, -0.2) is 32.3 Å². The maximum atomic E-state index is 15.6. The normalized spacial score (nSPS) is 16.0. The number of halogens is 4. The largest absolute Gasteiger partial charge is 0.478 e. The van der Waals surface area contributed by atoms with Gasteiger partial charge >= 0.3 is 5.97 Å². The van der Waals surface area contributed by atoms with Crippen molar-refractivity contribution in [3.05, 3.63) is 113 Å². The monoisotopic (exact) mass is 605 g/mol. The molecule has 0 amide bonds. The summed E-state index contributed by atoms with van der Waals surface area (Å²) >= 11 is 0. The van der Waals surface area contributed by atoms with E-state index in [1.54, 1.807) is 12.1 Å². The Morgan fingerprint density at radius 3 is 2.48 bits per heavy atom. The lowest BCUT2D eigenvalue weighted by Gasteiger charge is -2.28. The van der Waals surface area contributed by atoms with E-state index in [0.717, 1.165) is 18.2 Å². The van der Waals surface area contributed by atoms with Gasteiger partial charge in [0.25, 0.3) is 5.88 Å². The molecule has 6 rings (SSSR count). The number of nitrogens with zero attached hydrogens (tertiary/aromatic N) is 3. The van der Waals surface area contributed by atoms with Crippen molar-refractivity contribution in [1.29, 1.82) is 0 Å². The van der Waals surface area contributed by atoms with Gasteiger partial charge in [0.05, 0.1) is 41.5 Å². The number of benzene rings is 3. The summed E-state index contributed by atoms with van der Waals surface area (Å²) in [6, 6.07) is 14.4. The maximum absolute atomic E-state index is 15.6. The maximum Gasteiger partial charge on any atom is 0.335 e. The van der Waals surface area contributed by atoms with Crippen LogP contribution in [0.15, 0.2) is 66.7 Å². The average molecular weight is 606 g/mol. The van der Waals surface area contributed by atoms with E-state index in [2.05, 4.69) is 9.97 Å². The van der Waals surface area contributed by atoms with Crippen molar-refractivity contribution in [2.24, 2.45) is 5.41 Å². The molecule has 3 aromatic carbocycles. The molecule has 0 radical (unpaired) electrons. The number of carboxylic acids is 1. The number of fused-ring (bicyclic) bond motifs is 1. The minimum Gasteiger partial charge on any atom is -0.478 e. The van der Waals surface area contributed by atoms with Crippen molar-refractivity contribution < 1.29 is 36.9 Å². The number of hydrogen-bond acceptors (Lipinski definition) is 5. The first-order chi connectivity index (χ1) is 21.0. The van der Waals surface area contributed by atoms with Crippen LogP contribution in [-0.2, 0) is 17.8 Å². The zero-order chi connectivity index (χ0) is 31.2. The summed E-state index contributed by atoms with van der Waals surface area (Å²) in [6.07, 6.45) is -0.0967. The zero-order valence-electron chi connectivity index (χ0n) is 23.8. The predicted molar refractivity (Wildman–Crippen MR) is 153 cm³/mol. The van der Waals surface area contributed by atoms with Gasteiger partial charge in [-0.15, -0.1) is 0 Å². The smallest absolute Gasteiger partial charge is 0.335 e. The third-order valence-corrected chi connectivity index (χ3v) is 7.87. The molecule has 1 atom stereocenters. The summed E-state index contributed by atoms with van der Waals surface area (Å²) in [4.78, 5) is 20.4. The Hall–Kier alpha value is -4.77. The molecular formula is C33H27F4N3O4. The number of carbonyl (C=O) groups is 1. The first-order valence-corrected chi connectivity index (χ1v) is 13.8. The summed E-state index contributed by atoms with van der Waals surface area (Å²) in [5.41, 5.74) is 0.712. The summed E-state index contributed by atoms with van der Waals surface area (Å²) < 4.78 is 72.5. The van der Waals surface area contributed by atoms with Crippen LogP contribution in [-0.4, -0.2) is 38.8 Å². The molecular weight excluding hydrogens is 578 g/mol. The van der Waals surface area contributed by atoms with Crippen LogP contribution in [0.3, 0.4) is 0 Å². The molecule has 0 saturated carbocycles. The van der Waals surface area contributed by atoms with Gasteiger partial charge in [-0.3, -0.25) is 0 Å². The first kappa shape index (κ1) is 29.3. The number of pyridine rings is 1. The van der Waals surface area contributed by atoms with E-state index < -0.39 is 35.1 Å². The molecule has 3 heterocycles. The SMILES string of the molecule is CC1(C)COC[C@H]1n1c(Cc2cc(F)c(-c3ccc(F)c(OCc4ccccc4F)n3)cc2F)nc2ccc(C(=O)O)cc21. The quantitative estimate of drug-likeness (QED) is 0.190. The Labute approximate surface area is 249 Å². The molecule has 0 bridgehead atoms. The van der Waals surface area contributed by atoms with Crippen LogP contribution in [0, 0.1) is 28.7 Å². The highest BCUT2D eigenvalue weighted by Crippen LogP contribution is 2.40. The summed E-state index contributed by atoms with van der Waals surface area (Å²) in [6.45, 7) is 4.52. The van der Waals surface area contributed by atoms with Crippen molar-refractivity contribution in [2.45, 2.75) is 32.9 Å². The van der Waals surface area contributed by atoms with Gasteiger partial charge in [-0.1, -0.05) is 32.0 Å². The highest BCUT2D eigenvalue weighted by Gasteiger charge is 2.39. The minimum absolute atomic E-state index is 0.0103.